The molecule has 0 amide bonds. The fraction of sp³-hybridized carbons (Fsp3) is 0.227. The number of pyridine rings is 1. The number of methoxy groups -OCH3 is 3. The number of carboxylic acid groups (broad SMARTS) is 1. The molecule has 0 aliphatic rings. The van der Waals surface area contributed by atoms with E-state index in [0.29, 0.717) is 28.6 Å². The average molecular weight is 479 g/mol. The number of hydrogen-bond acceptors (Lipinski definition) is 7. The zero-order valence-corrected chi connectivity index (χ0v) is 18.4. The maximum atomic E-state index is 10.6. The van der Waals surface area contributed by atoms with Crippen molar-refractivity contribution >= 4 is 27.8 Å². The van der Waals surface area contributed by atoms with Crippen LogP contribution >= 0.6 is 0 Å². The molecule has 4 rings (SSSR count). The maximum Gasteiger partial charge on any atom is 0.490 e. The van der Waals surface area contributed by atoms with Gasteiger partial charge in [0, 0.05) is 22.0 Å². The quantitative estimate of drug-likeness (QED) is 0.392. The summed E-state index contributed by atoms with van der Waals surface area (Å²) in [7, 11) is 4.75. The number of halogens is 3. The molecule has 0 atom stereocenters. The van der Waals surface area contributed by atoms with Crippen molar-refractivity contribution in [3.63, 3.8) is 0 Å². The Kier molecular flexibility index (Phi) is 6.70. The van der Waals surface area contributed by atoms with Crippen molar-refractivity contribution < 1.29 is 42.4 Å². The second-order valence-corrected chi connectivity index (χ2v) is 6.93. The Balaban J connectivity index is 0.000000406. The number of phenolic OH excluding ortho intramolecular Hbond substituents is 1. The van der Waals surface area contributed by atoms with Gasteiger partial charge in [-0.1, -0.05) is 0 Å². The van der Waals surface area contributed by atoms with E-state index in [1.165, 1.54) is 0 Å². The van der Waals surface area contributed by atoms with Crippen LogP contribution in [0.2, 0.25) is 0 Å². The van der Waals surface area contributed by atoms with E-state index in [0.717, 1.165) is 27.4 Å². The third-order valence-electron chi connectivity index (χ3n) is 4.87. The van der Waals surface area contributed by atoms with E-state index in [-0.39, 0.29) is 5.75 Å². The molecule has 0 aliphatic carbocycles. The molecule has 3 N–H and O–H groups in total. The number of nitrogens with one attached hydrogen (secondary N) is 1. The highest BCUT2D eigenvalue weighted by Gasteiger charge is 2.38. The highest BCUT2D eigenvalue weighted by atomic mass is 19.4. The molecule has 0 spiro atoms. The standard InChI is InChI=1S/C20H19N3O4.C2HF3O2/c1-10-15-13-9-14(25-2)18(26-3)19(27-4)16(13)17(21-20(15)23-22-10)11-5-7-12(24)8-6-11;3-2(4,5)1(6)7/h5-9,24H,1-4H3,(H,21,22,23);(H,6,7). The summed E-state index contributed by atoms with van der Waals surface area (Å²) >= 11 is 0. The number of fused-ring (bicyclic) bond motifs is 3. The van der Waals surface area contributed by atoms with Gasteiger partial charge in [-0.15, -0.1) is 0 Å². The number of rotatable bonds is 4. The Morgan fingerprint density at radius 3 is 2.09 bits per heavy atom. The summed E-state index contributed by atoms with van der Waals surface area (Å²) in [6.45, 7) is 1.94. The van der Waals surface area contributed by atoms with Crippen molar-refractivity contribution in [3.05, 3.63) is 36.0 Å². The highest BCUT2D eigenvalue weighted by molar-refractivity contribution is 6.15. The van der Waals surface area contributed by atoms with Gasteiger partial charge in [-0.05, 0) is 37.3 Å². The van der Waals surface area contributed by atoms with Gasteiger partial charge in [0.2, 0.25) is 5.75 Å². The number of carbonyl (C=O) groups is 1. The lowest BCUT2D eigenvalue weighted by Gasteiger charge is -2.17. The van der Waals surface area contributed by atoms with Gasteiger partial charge in [0.05, 0.1) is 32.4 Å². The van der Waals surface area contributed by atoms with Crippen LogP contribution in [0, 0.1) is 6.92 Å². The molecule has 0 saturated carbocycles. The first-order chi connectivity index (χ1) is 16.0. The van der Waals surface area contributed by atoms with Crippen molar-refractivity contribution in [2.24, 2.45) is 0 Å². The van der Waals surface area contributed by atoms with Crippen molar-refractivity contribution in [1.82, 2.24) is 15.2 Å². The Morgan fingerprint density at radius 1 is 1.00 bits per heavy atom. The van der Waals surface area contributed by atoms with Gasteiger partial charge in [0.15, 0.2) is 17.1 Å². The molecule has 0 saturated heterocycles. The lowest BCUT2D eigenvalue weighted by atomic mass is 9.99. The number of nitrogens with zero attached hydrogens (tertiary/aromatic N) is 2. The van der Waals surface area contributed by atoms with Gasteiger partial charge in [-0.3, -0.25) is 5.10 Å². The lowest BCUT2D eigenvalue weighted by molar-refractivity contribution is -0.192. The van der Waals surface area contributed by atoms with Crippen molar-refractivity contribution in [2.45, 2.75) is 13.1 Å². The van der Waals surface area contributed by atoms with E-state index in [1.54, 1.807) is 45.6 Å². The Bertz CT molecular complexity index is 1350. The van der Waals surface area contributed by atoms with Gasteiger partial charge in [0.1, 0.15) is 5.75 Å². The van der Waals surface area contributed by atoms with E-state index in [9.17, 15) is 18.3 Å². The first-order valence-corrected chi connectivity index (χ1v) is 9.60. The molecule has 12 heteroatoms. The van der Waals surface area contributed by atoms with E-state index < -0.39 is 12.1 Å². The first kappa shape index (κ1) is 24.4. The minimum absolute atomic E-state index is 0.186. The van der Waals surface area contributed by atoms with Gasteiger partial charge in [-0.25, -0.2) is 9.78 Å². The van der Waals surface area contributed by atoms with Crippen LogP contribution in [-0.2, 0) is 4.79 Å². The molecule has 0 fully saturated rings. The average Bonchev–Trinajstić information content (AvgIpc) is 3.18. The number of aromatic amines is 1. The van der Waals surface area contributed by atoms with Crippen LogP contribution in [0.3, 0.4) is 0 Å². The number of aromatic nitrogens is 3. The van der Waals surface area contributed by atoms with Gasteiger partial charge >= 0.3 is 12.1 Å². The molecule has 2 aromatic carbocycles. The molecule has 0 bridgehead atoms. The minimum Gasteiger partial charge on any atom is -0.508 e. The number of alkyl halides is 3. The van der Waals surface area contributed by atoms with Crippen LogP contribution in [0.1, 0.15) is 5.69 Å². The van der Waals surface area contributed by atoms with Crippen LogP contribution in [0.4, 0.5) is 13.2 Å². The number of aromatic hydroxyl groups is 1. The van der Waals surface area contributed by atoms with Gasteiger partial charge in [-0.2, -0.15) is 18.3 Å². The summed E-state index contributed by atoms with van der Waals surface area (Å²) in [4.78, 5) is 13.7. The Morgan fingerprint density at radius 2 is 1.59 bits per heavy atom. The summed E-state index contributed by atoms with van der Waals surface area (Å²) < 4.78 is 48.5. The molecule has 9 nitrogen and oxygen atoms in total. The predicted octanol–water partition coefficient (Wildman–Crippen LogP) is 4.45. The molecule has 0 unspecified atom stereocenters. The predicted molar refractivity (Wildman–Crippen MR) is 117 cm³/mol. The minimum atomic E-state index is -5.08. The molecule has 180 valence electrons. The topological polar surface area (TPSA) is 127 Å². The Labute approximate surface area is 190 Å². The monoisotopic (exact) mass is 479 g/mol. The first-order valence-electron chi connectivity index (χ1n) is 9.60. The van der Waals surface area contributed by atoms with Crippen LogP contribution in [0.5, 0.6) is 23.0 Å². The van der Waals surface area contributed by atoms with Crippen LogP contribution in [0.25, 0.3) is 33.1 Å². The third-order valence-corrected chi connectivity index (χ3v) is 4.87. The maximum absolute atomic E-state index is 10.6. The molecule has 0 aliphatic heterocycles. The molecule has 2 aromatic heterocycles. The van der Waals surface area contributed by atoms with E-state index in [4.69, 9.17) is 29.1 Å². The molecule has 0 radical (unpaired) electrons. The number of aryl methyl sites for hydroxylation is 1. The normalized spacial score (nSPS) is 11.1. The second kappa shape index (κ2) is 9.33. The van der Waals surface area contributed by atoms with Gasteiger partial charge < -0.3 is 24.4 Å². The molecule has 34 heavy (non-hydrogen) atoms. The zero-order valence-electron chi connectivity index (χ0n) is 18.4. The number of ether oxygens (including phenoxy) is 3. The molecular formula is C22H20F3N3O6. The zero-order chi connectivity index (χ0) is 25.2. The number of hydrogen-bond donors (Lipinski definition) is 3. The summed E-state index contributed by atoms with van der Waals surface area (Å²) in [5.74, 6) is -0.982. The third kappa shape index (κ3) is 4.47. The van der Waals surface area contributed by atoms with Crippen molar-refractivity contribution in [2.75, 3.05) is 21.3 Å². The summed E-state index contributed by atoms with van der Waals surface area (Å²) in [5, 5.41) is 26.7. The number of aliphatic carboxylic acids is 1. The largest absolute Gasteiger partial charge is 0.508 e. The lowest BCUT2D eigenvalue weighted by Crippen LogP contribution is -2.21. The van der Waals surface area contributed by atoms with Crippen molar-refractivity contribution in [1.29, 1.82) is 0 Å². The van der Waals surface area contributed by atoms with Gasteiger partial charge in [0.25, 0.3) is 0 Å². The van der Waals surface area contributed by atoms with Crippen LogP contribution < -0.4 is 14.2 Å². The summed E-state index contributed by atoms with van der Waals surface area (Å²) in [6, 6.07) is 8.76. The fourth-order valence-corrected chi connectivity index (χ4v) is 3.40. The highest BCUT2D eigenvalue weighted by Crippen LogP contribution is 2.48. The van der Waals surface area contributed by atoms with E-state index in [1.807, 2.05) is 13.0 Å². The van der Waals surface area contributed by atoms with Crippen LogP contribution in [0.15, 0.2) is 30.3 Å². The van der Waals surface area contributed by atoms with E-state index in [2.05, 4.69) is 10.2 Å². The molecule has 2 heterocycles. The summed E-state index contributed by atoms with van der Waals surface area (Å²) in [5.41, 5.74) is 3.00. The SMILES string of the molecule is COc1cc2c(c(-c3ccc(O)cc3)nc3n[nH]c(C)c32)c(OC)c1OC.O=C(O)C(F)(F)F. The van der Waals surface area contributed by atoms with Crippen LogP contribution in [-0.4, -0.2) is 58.9 Å². The number of H-pyrrole nitrogens is 1. The van der Waals surface area contributed by atoms with E-state index >= 15 is 0 Å². The fourth-order valence-electron chi connectivity index (χ4n) is 3.40. The Hall–Kier alpha value is -4.22. The molecule has 4 aromatic rings. The van der Waals surface area contributed by atoms with Crippen molar-refractivity contribution in [3.8, 4) is 34.3 Å². The smallest absolute Gasteiger partial charge is 0.490 e. The summed E-state index contributed by atoms with van der Waals surface area (Å²) in [6.07, 6.45) is -5.08. The second-order valence-electron chi connectivity index (χ2n) is 6.93. The number of benzene rings is 2. The molecular weight excluding hydrogens is 459 g/mol. The number of phenols is 1. The number of carboxylic acids is 1.